The van der Waals surface area contributed by atoms with Crippen LogP contribution in [0.4, 0.5) is 5.69 Å². The van der Waals surface area contributed by atoms with Crippen molar-refractivity contribution >= 4 is 5.69 Å². The molecule has 0 amide bonds. The molecule has 1 heterocycles. The molecule has 1 saturated heterocycles. The van der Waals surface area contributed by atoms with E-state index in [4.69, 9.17) is 28.4 Å². The Morgan fingerprint density at radius 2 is 1.35 bits per heavy atom. The molecule has 3 aromatic rings. The molecule has 0 N–H and O–H groups in total. The summed E-state index contributed by atoms with van der Waals surface area (Å²) >= 11 is 0. The van der Waals surface area contributed by atoms with E-state index in [9.17, 15) is 10.1 Å². The number of hydrogen-bond donors (Lipinski definition) is 0. The maximum absolute atomic E-state index is 11.0. The minimum Gasteiger partial charge on any atom is -0.462 e. The van der Waals surface area contributed by atoms with Crippen molar-refractivity contribution in [2.75, 3.05) is 20.8 Å². The van der Waals surface area contributed by atoms with E-state index < -0.39 is 35.6 Å². The lowest BCUT2D eigenvalue weighted by Crippen LogP contribution is -2.62. The molecule has 1 aliphatic rings. The van der Waals surface area contributed by atoms with E-state index in [1.54, 1.807) is 14.2 Å². The quantitative estimate of drug-likeness (QED) is 0.259. The summed E-state index contributed by atoms with van der Waals surface area (Å²) < 4.78 is 36.5. The molecule has 0 unspecified atom stereocenters. The van der Waals surface area contributed by atoms with E-state index in [-0.39, 0.29) is 12.3 Å². The second kappa shape index (κ2) is 13.3. The average Bonchev–Trinajstić information content (AvgIpc) is 2.93. The summed E-state index contributed by atoms with van der Waals surface area (Å²) in [5.74, 6) is 0.401. The molecule has 0 spiro atoms. The van der Waals surface area contributed by atoms with Gasteiger partial charge in [-0.1, -0.05) is 60.7 Å². The fraction of sp³-hybridized carbons (Fsp3) is 0.357. The van der Waals surface area contributed by atoms with Gasteiger partial charge in [-0.15, -0.1) is 0 Å². The second-order valence-electron chi connectivity index (χ2n) is 8.59. The number of methoxy groups -OCH3 is 2. The monoisotopic (exact) mass is 509 g/mol. The normalized spacial score (nSPS) is 23.5. The zero-order valence-corrected chi connectivity index (χ0v) is 20.8. The Morgan fingerprint density at radius 3 is 1.86 bits per heavy atom. The van der Waals surface area contributed by atoms with Crippen LogP contribution in [-0.4, -0.2) is 56.5 Å². The zero-order chi connectivity index (χ0) is 26.0. The highest BCUT2D eigenvalue weighted by Gasteiger charge is 2.49. The third kappa shape index (κ3) is 7.12. The lowest BCUT2D eigenvalue weighted by atomic mass is 9.98. The fourth-order valence-corrected chi connectivity index (χ4v) is 4.23. The van der Waals surface area contributed by atoms with E-state index in [1.807, 2.05) is 60.7 Å². The molecule has 3 aromatic carbocycles. The number of ether oxygens (including phenoxy) is 6. The minimum atomic E-state index is -0.883. The topological polar surface area (TPSA) is 98.5 Å². The lowest BCUT2D eigenvalue weighted by molar-refractivity contribution is -0.384. The number of nitro groups is 1. The van der Waals surface area contributed by atoms with Gasteiger partial charge in [0.15, 0.2) is 0 Å². The van der Waals surface area contributed by atoms with Crippen molar-refractivity contribution in [3.63, 3.8) is 0 Å². The highest BCUT2D eigenvalue weighted by Crippen LogP contribution is 2.31. The molecule has 1 fully saturated rings. The van der Waals surface area contributed by atoms with Crippen molar-refractivity contribution in [3.05, 3.63) is 106 Å². The SMILES string of the molecule is COC[C@H]1O[C@H](Oc2ccc([N+](=O)[O-])cc2)[C@H](OCc2ccccc2)[C@@H](OC)[C@H]1OCc1ccccc1. The highest BCUT2D eigenvalue weighted by atomic mass is 16.7. The highest BCUT2D eigenvalue weighted by molar-refractivity contribution is 5.36. The van der Waals surface area contributed by atoms with Crippen LogP contribution in [-0.2, 0) is 36.9 Å². The number of non-ortho nitro benzene ring substituents is 1. The molecule has 0 aliphatic carbocycles. The van der Waals surface area contributed by atoms with E-state index >= 15 is 0 Å². The number of nitrogens with zero attached hydrogens (tertiary/aromatic N) is 1. The number of hydrogen-bond acceptors (Lipinski definition) is 8. The first kappa shape index (κ1) is 26.7. The van der Waals surface area contributed by atoms with Crippen molar-refractivity contribution in [2.24, 2.45) is 0 Å². The van der Waals surface area contributed by atoms with Gasteiger partial charge in [-0.2, -0.15) is 0 Å². The second-order valence-corrected chi connectivity index (χ2v) is 8.59. The first-order valence-electron chi connectivity index (χ1n) is 12.0. The Labute approximate surface area is 216 Å². The third-order valence-electron chi connectivity index (χ3n) is 6.06. The van der Waals surface area contributed by atoms with Gasteiger partial charge in [-0.05, 0) is 23.3 Å². The minimum absolute atomic E-state index is 0.0322. The lowest BCUT2D eigenvalue weighted by Gasteiger charge is -2.45. The van der Waals surface area contributed by atoms with Crippen molar-refractivity contribution in [3.8, 4) is 5.75 Å². The molecule has 9 heteroatoms. The van der Waals surface area contributed by atoms with Crippen LogP contribution in [0.25, 0.3) is 0 Å². The van der Waals surface area contributed by atoms with Gasteiger partial charge in [0.2, 0.25) is 6.29 Å². The van der Waals surface area contributed by atoms with E-state index in [2.05, 4.69) is 0 Å². The zero-order valence-electron chi connectivity index (χ0n) is 20.8. The summed E-state index contributed by atoms with van der Waals surface area (Å²) in [6.45, 7) is 0.897. The Balaban J connectivity index is 1.58. The third-order valence-corrected chi connectivity index (χ3v) is 6.06. The molecule has 0 aromatic heterocycles. The first-order valence-corrected chi connectivity index (χ1v) is 12.0. The Hall–Kier alpha value is -3.34. The molecule has 1 aliphatic heterocycles. The van der Waals surface area contributed by atoms with Gasteiger partial charge in [-0.3, -0.25) is 10.1 Å². The standard InChI is InChI=1S/C28H31NO8/c1-32-19-24-25(34-17-20-9-5-3-6-10-20)26(33-2)27(35-18-21-11-7-4-8-12-21)28(37-24)36-23-15-13-22(14-16-23)29(30)31/h3-16,24-28H,17-19H2,1-2H3/t24-,25+,26+,27-,28+/m1/s1. The van der Waals surface area contributed by atoms with Gasteiger partial charge in [0, 0.05) is 26.4 Å². The van der Waals surface area contributed by atoms with Gasteiger partial charge in [0.25, 0.3) is 5.69 Å². The average molecular weight is 510 g/mol. The van der Waals surface area contributed by atoms with Gasteiger partial charge < -0.3 is 28.4 Å². The van der Waals surface area contributed by atoms with Crippen molar-refractivity contribution < 1.29 is 33.3 Å². The molecule has 0 saturated carbocycles. The first-order chi connectivity index (χ1) is 18.1. The van der Waals surface area contributed by atoms with Crippen LogP contribution in [0.1, 0.15) is 11.1 Å². The van der Waals surface area contributed by atoms with Gasteiger partial charge in [0.05, 0.1) is 24.7 Å². The Morgan fingerprint density at radius 1 is 0.784 bits per heavy atom. The van der Waals surface area contributed by atoms with Crippen LogP contribution in [0.5, 0.6) is 5.75 Å². The molecule has 5 atom stereocenters. The number of benzene rings is 3. The maximum Gasteiger partial charge on any atom is 0.269 e. The van der Waals surface area contributed by atoms with Crippen LogP contribution in [0.3, 0.4) is 0 Å². The van der Waals surface area contributed by atoms with Gasteiger partial charge in [-0.25, -0.2) is 0 Å². The molecular weight excluding hydrogens is 478 g/mol. The Bertz CT molecular complexity index is 1100. The molecule has 196 valence electrons. The van der Waals surface area contributed by atoms with Crippen LogP contribution in [0, 0.1) is 10.1 Å². The number of rotatable bonds is 12. The molecule has 37 heavy (non-hydrogen) atoms. The molecule has 9 nitrogen and oxygen atoms in total. The van der Waals surface area contributed by atoms with Crippen molar-refractivity contribution in [1.82, 2.24) is 0 Å². The van der Waals surface area contributed by atoms with E-state index in [1.165, 1.54) is 24.3 Å². The van der Waals surface area contributed by atoms with Crippen molar-refractivity contribution in [1.29, 1.82) is 0 Å². The van der Waals surface area contributed by atoms with Crippen LogP contribution < -0.4 is 4.74 Å². The largest absolute Gasteiger partial charge is 0.462 e. The smallest absolute Gasteiger partial charge is 0.269 e. The summed E-state index contributed by atoms with van der Waals surface area (Å²) in [4.78, 5) is 10.6. The van der Waals surface area contributed by atoms with E-state index in [0.717, 1.165) is 11.1 Å². The van der Waals surface area contributed by atoms with Gasteiger partial charge in [0.1, 0.15) is 30.2 Å². The summed E-state index contributed by atoms with van der Waals surface area (Å²) in [5, 5.41) is 11.0. The summed E-state index contributed by atoms with van der Waals surface area (Å²) in [6, 6.07) is 25.4. The molecule has 4 rings (SSSR count). The molecule has 0 bridgehead atoms. The number of nitro benzene ring substituents is 1. The summed E-state index contributed by atoms with van der Waals surface area (Å²) in [7, 11) is 3.18. The fourth-order valence-electron chi connectivity index (χ4n) is 4.23. The molecule has 0 radical (unpaired) electrons. The van der Waals surface area contributed by atoms with E-state index in [0.29, 0.717) is 19.0 Å². The molecular formula is C28H31NO8. The van der Waals surface area contributed by atoms with Crippen LogP contribution in [0.15, 0.2) is 84.9 Å². The van der Waals surface area contributed by atoms with Gasteiger partial charge >= 0.3 is 0 Å². The summed E-state index contributed by atoms with van der Waals surface area (Å²) in [6.07, 6.45) is -3.13. The Kier molecular flexibility index (Phi) is 9.58. The summed E-state index contributed by atoms with van der Waals surface area (Å²) in [5.41, 5.74) is 1.96. The van der Waals surface area contributed by atoms with Crippen LogP contribution >= 0.6 is 0 Å². The van der Waals surface area contributed by atoms with Crippen molar-refractivity contribution in [2.45, 2.75) is 43.9 Å². The predicted octanol–water partition coefficient (Wildman–Crippen LogP) is 4.53. The van der Waals surface area contributed by atoms with Crippen LogP contribution in [0.2, 0.25) is 0 Å². The maximum atomic E-state index is 11.0. The predicted molar refractivity (Wildman–Crippen MR) is 135 cm³/mol.